The Morgan fingerprint density at radius 1 is 0.885 bits per heavy atom. The smallest absolute Gasteiger partial charge is 0.0462 e. The number of methoxy groups -OCH3 is 1. The molecule has 1 nitrogen and oxygen atoms in total. The predicted octanol–water partition coefficient (Wildman–Crippen LogP) is 7.34. The van der Waals surface area contributed by atoms with Gasteiger partial charge in [0.15, 0.2) is 0 Å². The summed E-state index contributed by atoms with van der Waals surface area (Å²) in [7, 11) is 1.86. The zero-order valence-corrected chi connectivity index (χ0v) is 18.4. The van der Waals surface area contributed by atoms with Crippen LogP contribution >= 0.6 is 0 Å². The van der Waals surface area contributed by atoms with Crippen LogP contribution in [-0.4, -0.2) is 13.7 Å². The SMILES string of the molecule is CC.COCCCC1CCC2C3CC[C@@H]4CC(C)CC[C@@H]4C3CCC12C. The van der Waals surface area contributed by atoms with E-state index in [-0.39, 0.29) is 0 Å². The van der Waals surface area contributed by atoms with Crippen LogP contribution in [0.15, 0.2) is 0 Å². The third-order valence-electron chi connectivity index (χ3n) is 9.31. The number of fused-ring (bicyclic) bond motifs is 5. The van der Waals surface area contributed by atoms with Gasteiger partial charge < -0.3 is 4.74 Å². The second-order valence-electron chi connectivity index (χ2n) is 10.3. The molecule has 0 aromatic rings. The molecule has 0 aromatic carbocycles. The maximum Gasteiger partial charge on any atom is 0.0462 e. The molecule has 0 saturated heterocycles. The summed E-state index contributed by atoms with van der Waals surface area (Å²) >= 11 is 0. The van der Waals surface area contributed by atoms with Crippen LogP contribution < -0.4 is 0 Å². The normalized spacial score (nSPS) is 47.2. The molecule has 4 aliphatic carbocycles. The highest BCUT2D eigenvalue weighted by Gasteiger charge is 2.56. The standard InChI is InChI=1S/C23H40O.C2H6/c1-16-6-9-19-17(15-16)7-10-21-20(19)12-13-23(2)18(5-4-14-24-3)8-11-22(21)23;1-2/h16-22H,4-15H2,1-3H3;1-2H3/t16?,17-,18?,19+,20?,21?,22?,23?;/m1./s1. The Morgan fingerprint density at radius 2 is 1.65 bits per heavy atom. The third-order valence-corrected chi connectivity index (χ3v) is 9.31. The second kappa shape index (κ2) is 8.97. The summed E-state index contributed by atoms with van der Waals surface area (Å²) < 4.78 is 5.32. The van der Waals surface area contributed by atoms with Crippen molar-refractivity contribution in [1.29, 1.82) is 0 Å². The van der Waals surface area contributed by atoms with Gasteiger partial charge in [0.2, 0.25) is 0 Å². The van der Waals surface area contributed by atoms with E-state index in [1.165, 1.54) is 32.1 Å². The molecule has 0 heterocycles. The number of rotatable bonds is 4. The first kappa shape index (κ1) is 20.7. The Balaban J connectivity index is 0.000000948. The lowest BCUT2D eigenvalue weighted by Crippen LogP contribution is -2.48. The van der Waals surface area contributed by atoms with Crippen molar-refractivity contribution in [2.45, 2.75) is 98.3 Å². The molecule has 8 atom stereocenters. The Bertz CT molecular complexity index is 432. The van der Waals surface area contributed by atoms with E-state index in [2.05, 4.69) is 13.8 Å². The van der Waals surface area contributed by atoms with Crippen molar-refractivity contribution >= 4 is 0 Å². The number of hydrogen-bond acceptors (Lipinski definition) is 1. The van der Waals surface area contributed by atoms with Crippen LogP contribution in [0.1, 0.15) is 98.3 Å². The summed E-state index contributed by atoms with van der Waals surface area (Å²) in [4.78, 5) is 0. The van der Waals surface area contributed by atoms with E-state index in [1.807, 2.05) is 21.0 Å². The van der Waals surface area contributed by atoms with Crippen molar-refractivity contribution in [3.63, 3.8) is 0 Å². The minimum absolute atomic E-state index is 0.670. The third kappa shape index (κ3) is 3.76. The lowest BCUT2D eigenvalue weighted by Gasteiger charge is -2.56. The van der Waals surface area contributed by atoms with E-state index in [1.54, 1.807) is 38.5 Å². The highest BCUT2D eigenvalue weighted by atomic mass is 16.5. The molecule has 0 aliphatic heterocycles. The maximum atomic E-state index is 5.32. The lowest BCUT2D eigenvalue weighted by atomic mass is 9.49. The summed E-state index contributed by atoms with van der Waals surface area (Å²) in [6.07, 6.45) is 16.6. The summed E-state index contributed by atoms with van der Waals surface area (Å²) in [5, 5.41) is 0. The van der Waals surface area contributed by atoms with Gasteiger partial charge >= 0.3 is 0 Å². The minimum atomic E-state index is 0.670. The fourth-order valence-electron chi connectivity index (χ4n) is 8.14. The van der Waals surface area contributed by atoms with Gasteiger partial charge in [-0.2, -0.15) is 0 Å². The molecule has 1 heteroatoms. The van der Waals surface area contributed by atoms with E-state index in [0.29, 0.717) is 5.41 Å². The quantitative estimate of drug-likeness (QED) is 0.475. The lowest BCUT2D eigenvalue weighted by molar-refractivity contribution is -0.0683. The van der Waals surface area contributed by atoms with Gasteiger partial charge in [0, 0.05) is 13.7 Å². The van der Waals surface area contributed by atoms with Crippen LogP contribution in [0.5, 0.6) is 0 Å². The molecule has 4 fully saturated rings. The fourth-order valence-corrected chi connectivity index (χ4v) is 8.14. The van der Waals surface area contributed by atoms with Crippen LogP contribution in [0.25, 0.3) is 0 Å². The van der Waals surface area contributed by atoms with Crippen molar-refractivity contribution in [2.24, 2.45) is 46.8 Å². The van der Waals surface area contributed by atoms with Crippen molar-refractivity contribution in [3.8, 4) is 0 Å². The Hall–Kier alpha value is -0.0400. The van der Waals surface area contributed by atoms with Gasteiger partial charge in [0.25, 0.3) is 0 Å². The second-order valence-corrected chi connectivity index (χ2v) is 10.3. The molecule has 26 heavy (non-hydrogen) atoms. The maximum absolute atomic E-state index is 5.32. The van der Waals surface area contributed by atoms with Gasteiger partial charge in [-0.3, -0.25) is 0 Å². The van der Waals surface area contributed by atoms with E-state index >= 15 is 0 Å². The minimum Gasteiger partial charge on any atom is -0.385 e. The fraction of sp³-hybridized carbons (Fsp3) is 1.00. The van der Waals surface area contributed by atoms with Gasteiger partial charge in [-0.05, 0) is 111 Å². The molecular formula is C25H46O. The Labute approximate surface area is 164 Å². The van der Waals surface area contributed by atoms with E-state index in [9.17, 15) is 0 Å². The first-order chi connectivity index (χ1) is 12.6. The molecule has 0 radical (unpaired) electrons. The molecular weight excluding hydrogens is 316 g/mol. The van der Waals surface area contributed by atoms with Gasteiger partial charge in [0.1, 0.15) is 0 Å². The van der Waals surface area contributed by atoms with E-state index in [0.717, 1.165) is 48.0 Å². The number of ether oxygens (including phenoxy) is 1. The highest BCUT2D eigenvalue weighted by molar-refractivity contribution is 5.05. The van der Waals surface area contributed by atoms with Gasteiger partial charge in [-0.15, -0.1) is 0 Å². The Morgan fingerprint density at radius 3 is 2.42 bits per heavy atom. The summed E-state index contributed by atoms with van der Waals surface area (Å²) in [6.45, 7) is 10.2. The molecule has 0 spiro atoms. The molecule has 0 aromatic heterocycles. The summed E-state index contributed by atoms with van der Waals surface area (Å²) in [5.74, 6) is 7.45. The summed E-state index contributed by atoms with van der Waals surface area (Å²) in [6, 6.07) is 0. The Kier molecular flexibility index (Phi) is 7.14. The molecule has 0 amide bonds. The van der Waals surface area contributed by atoms with Crippen LogP contribution in [0.3, 0.4) is 0 Å². The number of hydrogen-bond donors (Lipinski definition) is 0. The van der Waals surface area contributed by atoms with Gasteiger partial charge in [-0.25, -0.2) is 0 Å². The van der Waals surface area contributed by atoms with Gasteiger partial charge in [0.05, 0.1) is 0 Å². The zero-order valence-electron chi connectivity index (χ0n) is 18.4. The topological polar surface area (TPSA) is 9.23 Å². The van der Waals surface area contributed by atoms with Crippen molar-refractivity contribution in [3.05, 3.63) is 0 Å². The molecule has 6 unspecified atom stereocenters. The van der Waals surface area contributed by atoms with E-state index < -0.39 is 0 Å². The molecule has 0 N–H and O–H groups in total. The average molecular weight is 363 g/mol. The molecule has 4 rings (SSSR count). The van der Waals surface area contributed by atoms with Crippen molar-refractivity contribution < 1.29 is 4.74 Å². The van der Waals surface area contributed by atoms with Crippen molar-refractivity contribution in [1.82, 2.24) is 0 Å². The molecule has 4 saturated carbocycles. The monoisotopic (exact) mass is 362 g/mol. The largest absolute Gasteiger partial charge is 0.385 e. The van der Waals surface area contributed by atoms with Crippen LogP contribution in [0, 0.1) is 46.8 Å². The first-order valence-electron chi connectivity index (χ1n) is 12.1. The predicted molar refractivity (Wildman–Crippen MR) is 112 cm³/mol. The molecule has 152 valence electrons. The van der Waals surface area contributed by atoms with Crippen LogP contribution in [0.4, 0.5) is 0 Å². The van der Waals surface area contributed by atoms with Gasteiger partial charge in [-0.1, -0.05) is 34.1 Å². The van der Waals surface area contributed by atoms with Crippen LogP contribution in [0.2, 0.25) is 0 Å². The summed E-state index contributed by atoms with van der Waals surface area (Å²) in [5.41, 5.74) is 0.670. The van der Waals surface area contributed by atoms with Crippen molar-refractivity contribution in [2.75, 3.05) is 13.7 Å². The molecule has 4 aliphatic rings. The highest BCUT2D eigenvalue weighted by Crippen LogP contribution is 2.65. The molecule has 0 bridgehead atoms. The zero-order chi connectivity index (χ0) is 18.7. The van der Waals surface area contributed by atoms with Crippen LogP contribution in [-0.2, 0) is 4.74 Å². The average Bonchev–Trinajstić information content (AvgIpc) is 3.00. The first-order valence-corrected chi connectivity index (χ1v) is 12.1. The van der Waals surface area contributed by atoms with E-state index in [4.69, 9.17) is 4.74 Å².